The SMILES string of the molecule is Cc1cc(-c2noc(CCC(=O)Nc3ccc4c(c3F)CCNC4)n2)ccc1F. The van der Waals surface area contributed by atoms with Gasteiger partial charge in [-0.15, -0.1) is 0 Å². The van der Waals surface area contributed by atoms with Crippen LogP contribution in [-0.2, 0) is 24.2 Å². The molecule has 3 aromatic rings. The maximum atomic E-state index is 14.6. The van der Waals surface area contributed by atoms with Gasteiger partial charge in [0.15, 0.2) is 0 Å². The van der Waals surface area contributed by atoms with Gasteiger partial charge < -0.3 is 15.2 Å². The van der Waals surface area contributed by atoms with E-state index in [1.807, 2.05) is 6.07 Å². The average Bonchev–Trinajstić information content (AvgIpc) is 3.20. The summed E-state index contributed by atoms with van der Waals surface area (Å²) >= 11 is 0. The Bertz CT molecular complexity index is 1060. The lowest BCUT2D eigenvalue weighted by atomic mass is 9.99. The fourth-order valence-corrected chi connectivity index (χ4v) is 3.32. The molecule has 0 bridgehead atoms. The number of fused-ring (bicyclic) bond motifs is 1. The number of rotatable bonds is 5. The summed E-state index contributed by atoms with van der Waals surface area (Å²) in [6.07, 6.45) is 0.885. The smallest absolute Gasteiger partial charge is 0.227 e. The van der Waals surface area contributed by atoms with Crippen molar-refractivity contribution in [2.75, 3.05) is 11.9 Å². The number of anilines is 1. The van der Waals surface area contributed by atoms with Crippen LogP contribution in [0.1, 0.15) is 29.0 Å². The largest absolute Gasteiger partial charge is 0.339 e. The summed E-state index contributed by atoms with van der Waals surface area (Å²) in [6.45, 7) is 3.00. The predicted molar refractivity (Wildman–Crippen MR) is 103 cm³/mol. The molecule has 0 fully saturated rings. The third-order valence-electron chi connectivity index (χ3n) is 4.93. The Morgan fingerprint density at radius 2 is 2.14 bits per heavy atom. The first-order valence-electron chi connectivity index (χ1n) is 9.41. The van der Waals surface area contributed by atoms with E-state index in [4.69, 9.17) is 4.52 Å². The van der Waals surface area contributed by atoms with Crippen molar-refractivity contribution in [2.45, 2.75) is 32.7 Å². The summed E-state index contributed by atoms with van der Waals surface area (Å²) in [5.74, 6) is -0.397. The molecule has 0 spiro atoms. The zero-order valence-corrected chi connectivity index (χ0v) is 15.9. The second-order valence-corrected chi connectivity index (χ2v) is 7.02. The molecular formula is C21H20F2N4O2. The molecule has 0 saturated carbocycles. The summed E-state index contributed by atoms with van der Waals surface area (Å²) in [5.41, 5.74) is 2.87. The molecule has 150 valence electrons. The summed E-state index contributed by atoms with van der Waals surface area (Å²) in [4.78, 5) is 16.5. The van der Waals surface area contributed by atoms with Gasteiger partial charge in [0.1, 0.15) is 11.6 Å². The van der Waals surface area contributed by atoms with Gasteiger partial charge in [-0.1, -0.05) is 11.2 Å². The van der Waals surface area contributed by atoms with Crippen molar-refractivity contribution in [3.8, 4) is 11.4 Å². The first-order chi connectivity index (χ1) is 14.0. The van der Waals surface area contributed by atoms with Crippen molar-refractivity contribution in [1.82, 2.24) is 15.5 Å². The molecule has 2 N–H and O–H groups in total. The van der Waals surface area contributed by atoms with Gasteiger partial charge in [0.05, 0.1) is 5.69 Å². The van der Waals surface area contributed by atoms with Crippen LogP contribution < -0.4 is 10.6 Å². The van der Waals surface area contributed by atoms with Gasteiger partial charge in [-0.3, -0.25) is 4.79 Å². The highest BCUT2D eigenvalue weighted by atomic mass is 19.1. The zero-order valence-electron chi connectivity index (χ0n) is 15.9. The molecule has 1 aliphatic heterocycles. The van der Waals surface area contributed by atoms with Crippen molar-refractivity contribution < 1.29 is 18.1 Å². The zero-order chi connectivity index (χ0) is 20.4. The van der Waals surface area contributed by atoms with Crippen molar-refractivity contribution in [3.63, 3.8) is 0 Å². The molecule has 1 amide bonds. The number of amides is 1. The van der Waals surface area contributed by atoms with E-state index in [2.05, 4.69) is 20.8 Å². The van der Waals surface area contributed by atoms with Crippen LogP contribution in [0.4, 0.5) is 14.5 Å². The quantitative estimate of drug-likeness (QED) is 0.687. The highest BCUT2D eigenvalue weighted by Gasteiger charge is 2.18. The molecule has 6 nitrogen and oxygen atoms in total. The maximum absolute atomic E-state index is 14.6. The van der Waals surface area contributed by atoms with Gasteiger partial charge >= 0.3 is 0 Å². The van der Waals surface area contributed by atoms with Crippen LogP contribution in [0.25, 0.3) is 11.4 Å². The Kier molecular flexibility index (Phi) is 5.35. The molecule has 1 aliphatic rings. The minimum atomic E-state index is -0.371. The number of aryl methyl sites for hydroxylation is 2. The molecule has 2 aromatic carbocycles. The van der Waals surface area contributed by atoms with E-state index in [1.54, 1.807) is 25.1 Å². The summed E-state index contributed by atoms with van der Waals surface area (Å²) in [6, 6.07) is 7.95. The summed E-state index contributed by atoms with van der Waals surface area (Å²) in [7, 11) is 0. The van der Waals surface area contributed by atoms with E-state index < -0.39 is 0 Å². The molecule has 0 atom stereocenters. The maximum Gasteiger partial charge on any atom is 0.227 e. The Balaban J connectivity index is 1.38. The lowest BCUT2D eigenvalue weighted by Gasteiger charge is -2.19. The number of nitrogens with zero attached hydrogens (tertiary/aromatic N) is 2. The van der Waals surface area contributed by atoms with Crippen LogP contribution >= 0.6 is 0 Å². The van der Waals surface area contributed by atoms with Crippen LogP contribution in [0, 0.1) is 18.6 Å². The monoisotopic (exact) mass is 398 g/mol. The van der Waals surface area contributed by atoms with Gasteiger partial charge in [0.25, 0.3) is 0 Å². The Morgan fingerprint density at radius 1 is 1.28 bits per heavy atom. The van der Waals surface area contributed by atoms with Crippen molar-refractivity contribution in [1.29, 1.82) is 0 Å². The van der Waals surface area contributed by atoms with E-state index >= 15 is 0 Å². The first kappa shape index (κ1) is 19.2. The van der Waals surface area contributed by atoms with Crippen molar-refractivity contribution in [2.24, 2.45) is 0 Å². The second-order valence-electron chi connectivity index (χ2n) is 7.02. The van der Waals surface area contributed by atoms with Crippen molar-refractivity contribution in [3.05, 3.63) is 64.5 Å². The van der Waals surface area contributed by atoms with E-state index in [0.717, 1.165) is 5.56 Å². The number of carbonyl (C=O) groups excluding carboxylic acids is 1. The Morgan fingerprint density at radius 3 is 2.97 bits per heavy atom. The number of nitrogens with one attached hydrogen (secondary N) is 2. The Labute approximate surface area is 166 Å². The molecule has 0 radical (unpaired) electrons. The molecule has 0 saturated heterocycles. The fourth-order valence-electron chi connectivity index (χ4n) is 3.32. The molecule has 4 rings (SSSR count). The van der Waals surface area contributed by atoms with Crippen molar-refractivity contribution >= 4 is 11.6 Å². The normalized spacial score (nSPS) is 13.2. The minimum absolute atomic E-state index is 0.0716. The minimum Gasteiger partial charge on any atom is -0.339 e. The van der Waals surface area contributed by atoms with Gasteiger partial charge in [0, 0.05) is 24.9 Å². The highest BCUT2D eigenvalue weighted by Crippen LogP contribution is 2.25. The molecule has 8 heteroatoms. The summed E-state index contributed by atoms with van der Waals surface area (Å²) < 4.78 is 33.2. The fraction of sp³-hybridized carbons (Fsp3) is 0.286. The van der Waals surface area contributed by atoms with E-state index in [9.17, 15) is 13.6 Å². The number of carbonyl (C=O) groups is 1. The summed E-state index contributed by atoms with van der Waals surface area (Å²) in [5, 5.41) is 9.68. The average molecular weight is 398 g/mol. The molecule has 0 unspecified atom stereocenters. The first-order valence-corrected chi connectivity index (χ1v) is 9.41. The molecule has 0 aliphatic carbocycles. The van der Waals surface area contributed by atoms with E-state index in [0.29, 0.717) is 42.0 Å². The van der Waals surface area contributed by atoms with E-state index in [1.165, 1.54) is 6.07 Å². The van der Waals surface area contributed by atoms with Crippen LogP contribution in [0.5, 0.6) is 0 Å². The van der Waals surface area contributed by atoms with Gasteiger partial charge in [0.2, 0.25) is 17.6 Å². The second kappa shape index (κ2) is 8.08. The molecule has 1 aromatic heterocycles. The highest BCUT2D eigenvalue weighted by molar-refractivity contribution is 5.91. The van der Waals surface area contributed by atoms with Crippen LogP contribution in [0.3, 0.4) is 0 Å². The number of benzene rings is 2. The molecule has 29 heavy (non-hydrogen) atoms. The van der Waals surface area contributed by atoms with E-state index in [-0.39, 0.29) is 42.0 Å². The van der Waals surface area contributed by atoms with Crippen LogP contribution in [0.15, 0.2) is 34.9 Å². The third-order valence-corrected chi connectivity index (χ3v) is 4.93. The topological polar surface area (TPSA) is 80.0 Å². The van der Waals surface area contributed by atoms with Gasteiger partial charge in [-0.25, -0.2) is 8.78 Å². The number of halogens is 2. The standard InChI is InChI=1S/C21H20F2N4O2/c1-12-10-13(2-4-16(12)22)21-26-19(29-27-21)7-6-18(28)25-17-5-3-14-11-24-9-8-15(14)20(17)23/h2-5,10,24H,6-9,11H2,1H3,(H,25,28). The Hall–Kier alpha value is -3.13. The third kappa shape index (κ3) is 4.17. The molecule has 2 heterocycles. The van der Waals surface area contributed by atoms with Gasteiger partial charge in [-0.2, -0.15) is 4.98 Å². The lowest BCUT2D eigenvalue weighted by molar-refractivity contribution is -0.116. The molecular weight excluding hydrogens is 378 g/mol. The lowest BCUT2D eigenvalue weighted by Crippen LogP contribution is -2.25. The van der Waals surface area contributed by atoms with Crippen LogP contribution in [-0.4, -0.2) is 22.6 Å². The van der Waals surface area contributed by atoms with Crippen LogP contribution in [0.2, 0.25) is 0 Å². The number of hydrogen-bond donors (Lipinski definition) is 2. The number of aromatic nitrogens is 2. The van der Waals surface area contributed by atoms with Gasteiger partial charge in [-0.05, 0) is 60.8 Å². The number of hydrogen-bond acceptors (Lipinski definition) is 5. The predicted octanol–water partition coefficient (Wildman–Crippen LogP) is 3.54.